The number of halogens is 2. The predicted molar refractivity (Wildman–Crippen MR) is 121 cm³/mol. The van der Waals surface area contributed by atoms with E-state index >= 15 is 0 Å². The van der Waals surface area contributed by atoms with Gasteiger partial charge in [0.25, 0.3) is 11.8 Å². The SMILES string of the molecule is CCOc1ccccc1NC(=O)COC(=O)[C@H]1CC(=O)N(NC(=O)c2ccc(Cl)cc2Cl)C1. The number of hydrogen-bond acceptors (Lipinski definition) is 6. The highest BCUT2D eigenvalue weighted by molar-refractivity contribution is 6.36. The Bertz CT molecular complexity index is 1080. The molecule has 2 N–H and O–H groups in total. The van der Waals surface area contributed by atoms with E-state index in [9.17, 15) is 19.2 Å². The molecule has 3 amide bonds. The molecule has 0 saturated carbocycles. The van der Waals surface area contributed by atoms with E-state index in [1.165, 1.54) is 18.2 Å². The zero-order valence-electron chi connectivity index (χ0n) is 17.6. The number of hydrogen-bond donors (Lipinski definition) is 2. The topological polar surface area (TPSA) is 114 Å². The van der Waals surface area contributed by atoms with Gasteiger partial charge in [0, 0.05) is 11.4 Å². The normalized spacial score (nSPS) is 15.2. The largest absolute Gasteiger partial charge is 0.492 e. The lowest BCUT2D eigenvalue weighted by Gasteiger charge is -2.18. The van der Waals surface area contributed by atoms with Gasteiger partial charge in [-0.15, -0.1) is 0 Å². The van der Waals surface area contributed by atoms with Crippen LogP contribution in [0.1, 0.15) is 23.7 Å². The number of hydrazine groups is 1. The molecule has 0 aliphatic carbocycles. The molecule has 1 heterocycles. The maximum absolute atomic E-state index is 12.4. The van der Waals surface area contributed by atoms with Crippen molar-refractivity contribution in [3.05, 3.63) is 58.1 Å². The molecule has 2 aromatic rings. The first-order valence-electron chi connectivity index (χ1n) is 10.0. The number of amides is 3. The van der Waals surface area contributed by atoms with Crippen LogP contribution < -0.4 is 15.5 Å². The summed E-state index contributed by atoms with van der Waals surface area (Å²) in [6.07, 6.45) is -0.164. The van der Waals surface area contributed by atoms with Crippen molar-refractivity contribution in [2.45, 2.75) is 13.3 Å². The van der Waals surface area contributed by atoms with E-state index in [2.05, 4.69) is 10.7 Å². The second-order valence-corrected chi connectivity index (χ2v) is 7.90. The summed E-state index contributed by atoms with van der Waals surface area (Å²) in [5.74, 6) is -2.70. The first-order chi connectivity index (χ1) is 15.8. The molecule has 0 spiro atoms. The Morgan fingerprint density at radius 2 is 1.91 bits per heavy atom. The van der Waals surface area contributed by atoms with Crippen molar-refractivity contribution in [3.63, 3.8) is 0 Å². The average Bonchev–Trinajstić information content (AvgIpc) is 3.13. The molecule has 1 saturated heterocycles. The van der Waals surface area contributed by atoms with Crippen LogP contribution >= 0.6 is 23.2 Å². The minimum atomic E-state index is -0.831. The summed E-state index contributed by atoms with van der Waals surface area (Å²) in [6, 6.07) is 11.2. The first-order valence-corrected chi connectivity index (χ1v) is 10.8. The third-order valence-corrected chi connectivity index (χ3v) is 5.22. The van der Waals surface area contributed by atoms with E-state index in [1.807, 2.05) is 6.92 Å². The second-order valence-electron chi connectivity index (χ2n) is 7.06. The number of anilines is 1. The number of carbonyl (C=O) groups is 4. The van der Waals surface area contributed by atoms with Crippen molar-refractivity contribution >= 4 is 52.6 Å². The van der Waals surface area contributed by atoms with Crippen molar-refractivity contribution < 1.29 is 28.7 Å². The Hall–Kier alpha value is -3.30. The second kappa shape index (κ2) is 11.0. The minimum Gasteiger partial charge on any atom is -0.492 e. The third kappa shape index (κ3) is 6.36. The van der Waals surface area contributed by atoms with E-state index < -0.39 is 36.2 Å². The number of carbonyl (C=O) groups excluding carboxylic acids is 4. The number of benzene rings is 2. The van der Waals surface area contributed by atoms with Gasteiger partial charge >= 0.3 is 5.97 Å². The number of nitrogens with zero attached hydrogens (tertiary/aromatic N) is 1. The predicted octanol–water partition coefficient (Wildman–Crippen LogP) is 3.07. The number of ether oxygens (including phenoxy) is 2. The minimum absolute atomic E-state index is 0.0938. The van der Waals surface area contributed by atoms with Gasteiger partial charge in [0.05, 0.1) is 35.3 Å². The molecule has 1 aliphatic rings. The Kier molecular flexibility index (Phi) is 8.13. The lowest BCUT2D eigenvalue weighted by molar-refractivity contribution is -0.151. The third-order valence-electron chi connectivity index (χ3n) is 4.68. The Morgan fingerprint density at radius 1 is 1.15 bits per heavy atom. The molecule has 1 aliphatic heterocycles. The summed E-state index contributed by atoms with van der Waals surface area (Å²) in [5, 5.41) is 4.13. The lowest BCUT2D eigenvalue weighted by Crippen LogP contribution is -2.43. The molecule has 9 nitrogen and oxygen atoms in total. The number of esters is 1. The summed E-state index contributed by atoms with van der Waals surface area (Å²) >= 11 is 11.8. The fourth-order valence-electron chi connectivity index (χ4n) is 3.12. The molecular formula is C22H21Cl2N3O6. The average molecular weight is 494 g/mol. The fraction of sp³-hybridized carbons (Fsp3) is 0.273. The van der Waals surface area contributed by atoms with Gasteiger partial charge in [-0.05, 0) is 37.3 Å². The van der Waals surface area contributed by atoms with Gasteiger partial charge in [0.15, 0.2) is 6.61 Å². The van der Waals surface area contributed by atoms with Crippen LogP contribution in [-0.2, 0) is 19.1 Å². The van der Waals surface area contributed by atoms with E-state index in [0.29, 0.717) is 23.1 Å². The van der Waals surface area contributed by atoms with E-state index in [1.54, 1.807) is 24.3 Å². The highest BCUT2D eigenvalue weighted by Crippen LogP contribution is 2.24. The van der Waals surface area contributed by atoms with Crippen LogP contribution in [0.5, 0.6) is 5.75 Å². The summed E-state index contributed by atoms with van der Waals surface area (Å²) in [6.45, 7) is 1.62. The van der Waals surface area contributed by atoms with Crippen molar-refractivity contribution in [3.8, 4) is 5.75 Å². The molecule has 0 bridgehead atoms. The van der Waals surface area contributed by atoms with Crippen LogP contribution in [0.4, 0.5) is 5.69 Å². The molecule has 1 fully saturated rings. The van der Waals surface area contributed by atoms with Crippen LogP contribution in [0.15, 0.2) is 42.5 Å². The zero-order chi connectivity index (χ0) is 24.0. The van der Waals surface area contributed by atoms with Gasteiger partial charge in [0.1, 0.15) is 5.75 Å². The highest BCUT2D eigenvalue weighted by atomic mass is 35.5. The van der Waals surface area contributed by atoms with E-state index in [-0.39, 0.29) is 23.6 Å². The molecule has 1 atom stereocenters. The molecule has 0 aromatic heterocycles. The lowest BCUT2D eigenvalue weighted by atomic mass is 10.1. The van der Waals surface area contributed by atoms with Crippen LogP contribution in [0.2, 0.25) is 10.0 Å². The van der Waals surface area contributed by atoms with Crippen LogP contribution in [0.25, 0.3) is 0 Å². The molecular weight excluding hydrogens is 473 g/mol. The van der Waals surface area contributed by atoms with Gasteiger partial charge in [0.2, 0.25) is 5.91 Å². The van der Waals surface area contributed by atoms with Gasteiger partial charge in [-0.2, -0.15) is 0 Å². The van der Waals surface area contributed by atoms with Crippen molar-refractivity contribution in [1.29, 1.82) is 0 Å². The number of nitrogens with one attached hydrogen (secondary N) is 2. The highest BCUT2D eigenvalue weighted by Gasteiger charge is 2.37. The monoisotopic (exact) mass is 493 g/mol. The van der Waals surface area contributed by atoms with Gasteiger partial charge in [-0.1, -0.05) is 35.3 Å². The Morgan fingerprint density at radius 3 is 2.64 bits per heavy atom. The summed E-state index contributed by atoms with van der Waals surface area (Å²) < 4.78 is 10.5. The molecule has 0 radical (unpaired) electrons. The maximum atomic E-state index is 12.4. The molecule has 11 heteroatoms. The van der Waals surface area contributed by atoms with E-state index in [4.69, 9.17) is 32.7 Å². The number of para-hydroxylation sites is 2. The molecule has 33 heavy (non-hydrogen) atoms. The van der Waals surface area contributed by atoms with Gasteiger partial charge in [-0.3, -0.25) is 29.6 Å². The number of rotatable bonds is 8. The standard InChI is InChI=1S/C22H21Cl2N3O6/c1-2-32-18-6-4-3-5-17(18)25-19(28)12-33-22(31)13-9-20(29)27(11-13)26-21(30)15-8-7-14(23)10-16(15)24/h3-8,10,13H,2,9,11-12H2,1H3,(H,25,28)(H,26,30)/t13-/m0/s1. The molecule has 174 valence electrons. The van der Waals surface area contributed by atoms with Crippen LogP contribution in [0, 0.1) is 5.92 Å². The van der Waals surface area contributed by atoms with Crippen molar-refractivity contribution in [1.82, 2.24) is 10.4 Å². The quantitative estimate of drug-likeness (QED) is 0.546. The van der Waals surface area contributed by atoms with Crippen molar-refractivity contribution in [2.75, 3.05) is 25.1 Å². The smallest absolute Gasteiger partial charge is 0.311 e. The maximum Gasteiger partial charge on any atom is 0.311 e. The summed E-state index contributed by atoms with van der Waals surface area (Å²) in [4.78, 5) is 49.2. The van der Waals surface area contributed by atoms with Crippen molar-refractivity contribution in [2.24, 2.45) is 5.92 Å². The summed E-state index contributed by atoms with van der Waals surface area (Å²) in [5.41, 5.74) is 3.00. The fourth-order valence-corrected chi connectivity index (χ4v) is 3.62. The van der Waals surface area contributed by atoms with Crippen LogP contribution in [-0.4, -0.2) is 48.5 Å². The Labute approximate surface area is 199 Å². The Balaban J connectivity index is 1.51. The van der Waals surface area contributed by atoms with E-state index in [0.717, 1.165) is 5.01 Å². The first kappa shape index (κ1) is 24.3. The zero-order valence-corrected chi connectivity index (χ0v) is 19.1. The molecule has 0 unspecified atom stereocenters. The summed E-state index contributed by atoms with van der Waals surface area (Å²) in [7, 11) is 0. The van der Waals surface area contributed by atoms with Crippen LogP contribution in [0.3, 0.4) is 0 Å². The van der Waals surface area contributed by atoms with Gasteiger partial charge in [-0.25, -0.2) is 0 Å². The van der Waals surface area contributed by atoms with Gasteiger partial charge < -0.3 is 14.8 Å². The molecule has 2 aromatic carbocycles. The molecule has 3 rings (SSSR count).